The summed E-state index contributed by atoms with van der Waals surface area (Å²) in [6.45, 7) is 5.42. The van der Waals surface area contributed by atoms with Crippen molar-refractivity contribution in [1.29, 1.82) is 0 Å². The molecule has 0 aliphatic heterocycles. The Labute approximate surface area is 131 Å². The standard InChI is InChI=1S/C12H15BrClNO4S/c1-12(2,3)15-11(16)7-19-10-5-4-8(6-9(10)13)20(14,17)18/h4-6H,7H2,1-3H3,(H,15,16). The molecule has 0 fully saturated rings. The molecule has 1 aromatic rings. The van der Waals surface area contributed by atoms with Crippen molar-refractivity contribution in [3.63, 3.8) is 0 Å². The van der Waals surface area contributed by atoms with Gasteiger partial charge in [0.2, 0.25) is 0 Å². The predicted molar refractivity (Wildman–Crippen MR) is 80.6 cm³/mol. The molecule has 8 heteroatoms. The van der Waals surface area contributed by atoms with E-state index in [0.717, 1.165) is 0 Å². The first kappa shape index (κ1) is 17.3. The summed E-state index contributed by atoms with van der Waals surface area (Å²) < 4.78 is 28.0. The Balaban J connectivity index is 2.73. The minimum atomic E-state index is -3.79. The van der Waals surface area contributed by atoms with Gasteiger partial charge in [0.25, 0.3) is 15.0 Å². The van der Waals surface area contributed by atoms with Crippen molar-refractivity contribution in [3.8, 4) is 5.75 Å². The maximum absolute atomic E-state index is 11.6. The molecule has 1 rings (SSSR count). The number of halogens is 2. The molecule has 0 aliphatic rings. The van der Waals surface area contributed by atoms with Crippen LogP contribution in [0.1, 0.15) is 20.8 Å². The second kappa shape index (κ2) is 6.32. The Morgan fingerprint density at radius 3 is 2.45 bits per heavy atom. The van der Waals surface area contributed by atoms with E-state index in [2.05, 4.69) is 21.2 Å². The molecule has 112 valence electrons. The van der Waals surface area contributed by atoms with Gasteiger partial charge in [0.15, 0.2) is 6.61 Å². The van der Waals surface area contributed by atoms with E-state index in [0.29, 0.717) is 10.2 Å². The molecule has 0 bridgehead atoms. The van der Waals surface area contributed by atoms with Gasteiger partial charge in [-0.3, -0.25) is 4.79 Å². The average molecular weight is 385 g/mol. The van der Waals surface area contributed by atoms with Crippen LogP contribution >= 0.6 is 26.6 Å². The first-order valence-electron chi connectivity index (χ1n) is 5.67. The van der Waals surface area contributed by atoms with E-state index >= 15 is 0 Å². The van der Waals surface area contributed by atoms with Gasteiger partial charge in [-0.05, 0) is 54.9 Å². The maximum Gasteiger partial charge on any atom is 0.261 e. The van der Waals surface area contributed by atoms with Gasteiger partial charge in [-0.2, -0.15) is 0 Å². The summed E-state index contributed by atoms with van der Waals surface area (Å²) in [4.78, 5) is 11.6. The molecule has 0 aromatic heterocycles. The SMILES string of the molecule is CC(C)(C)NC(=O)COc1ccc(S(=O)(=O)Cl)cc1Br. The minimum absolute atomic E-state index is 0.0439. The molecule has 20 heavy (non-hydrogen) atoms. The summed E-state index contributed by atoms with van der Waals surface area (Å²) >= 11 is 3.17. The zero-order valence-corrected chi connectivity index (χ0v) is 14.4. The van der Waals surface area contributed by atoms with Crippen LogP contribution in [0.5, 0.6) is 5.75 Å². The number of hydrogen-bond acceptors (Lipinski definition) is 4. The van der Waals surface area contributed by atoms with E-state index < -0.39 is 9.05 Å². The van der Waals surface area contributed by atoms with Crippen LogP contribution in [0.25, 0.3) is 0 Å². The molecule has 0 spiro atoms. The Kier molecular flexibility index (Phi) is 5.46. The zero-order valence-electron chi connectivity index (χ0n) is 11.2. The van der Waals surface area contributed by atoms with Crippen molar-refractivity contribution >= 4 is 41.6 Å². The van der Waals surface area contributed by atoms with Crippen molar-refractivity contribution in [2.45, 2.75) is 31.2 Å². The quantitative estimate of drug-likeness (QED) is 0.810. The van der Waals surface area contributed by atoms with Crippen LogP contribution in [0.4, 0.5) is 0 Å². The van der Waals surface area contributed by atoms with Crippen LogP contribution < -0.4 is 10.1 Å². The van der Waals surface area contributed by atoms with Gasteiger partial charge in [0.05, 0.1) is 9.37 Å². The molecule has 0 unspecified atom stereocenters. The summed E-state index contributed by atoms with van der Waals surface area (Å²) in [7, 11) is 1.44. The van der Waals surface area contributed by atoms with Gasteiger partial charge in [-0.25, -0.2) is 8.42 Å². The number of ether oxygens (including phenoxy) is 1. The summed E-state index contributed by atoms with van der Waals surface area (Å²) in [5.41, 5.74) is -0.339. The number of nitrogens with one attached hydrogen (secondary N) is 1. The molecule has 0 saturated heterocycles. The molecular weight excluding hydrogens is 370 g/mol. The summed E-state index contributed by atoms with van der Waals surface area (Å²) in [5, 5.41) is 2.75. The molecule has 5 nitrogen and oxygen atoms in total. The van der Waals surface area contributed by atoms with Gasteiger partial charge in [-0.15, -0.1) is 0 Å². The van der Waals surface area contributed by atoms with E-state index in [1.807, 2.05) is 20.8 Å². The van der Waals surface area contributed by atoms with E-state index in [1.165, 1.54) is 18.2 Å². The molecule has 1 amide bonds. The average Bonchev–Trinajstić information content (AvgIpc) is 2.23. The number of carbonyl (C=O) groups excluding carboxylic acids is 1. The third kappa shape index (κ3) is 5.68. The lowest BCUT2D eigenvalue weighted by Crippen LogP contribution is -2.43. The Bertz CT molecular complexity index is 610. The lowest BCUT2D eigenvalue weighted by molar-refractivity contribution is -0.124. The fourth-order valence-electron chi connectivity index (χ4n) is 1.35. The predicted octanol–water partition coefficient (Wildman–Crippen LogP) is 2.67. The number of carbonyl (C=O) groups is 1. The number of rotatable bonds is 4. The highest BCUT2D eigenvalue weighted by atomic mass is 79.9. The Morgan fingerprint density at radius 2 is 2.00 bits per heavy atom. The van der Waals surface area contributed by atoms with Crippen LogP contribution in [-0.2, 0) is 13.8 Å². The molecule has 1 N–H and O–H groups in total. The third-order valence-corrected chi connectivity index (χ3v) is 4.03. The Hall–Kier alpha value is -0.790. The monoisotopic (exact) mass is 383 g/mol. The van der Waals surface area contributed by atoms with Crippen molar-refractivity contribution < 1.29 is 17.9 Å². The molecule has 0 atom stereocenters. The first-order valence-corrected chi connectivity index (χ1v) is 8.77. The summed E-state index contributed by atoms with van der Waals surface area (Å²) in [5.74, 6) is 0.0940. The Morgan fingerprint density at radius 1 is 1.40 bits per heavy atom. The number of benzene rings is 1. The van der Waals surface area contributed by atoms with Crippen LogP contribution in [0, 0.1) is 0 Å². The van der Waals surface area contributed by atoms with Crippen LogP contribution in [0.3, 0.4) is 0 Å². The van der Waals surface area contributed by atoms with Gasteiger partial charge in [-0.1, -0.05) is 0 Å². The van der Waals surface area contributed by atoms with Crippen molar-refractivity contribution in [3.05, 3.63) is 22.7 Å². The fraction of sp³-hybridized carbons (Fsp3) is 0.417. The molecule has 0 radical (unpaired) electrons. The summed E-state index contributed by atoms with van der Waals surface area (Å²) in [6, 6.07) is 4.06. The smallest absolute Gasteiger partial charge is 0.261 e. The number of amides is 1. The molecule has 0 heterocycles. The van der Waals surface area contributed by atoms with E-state index in [4.69, 9.17) is 15.4 Å². The van der Waals surface area contributed by atoms with Gasteiger partial charge in [0, 0.05) is 16.2 Å². The highest BCUT2D eigenvalue weighted by Crippen LogP contribution is 2.29. The largest absolute Gasteiger partial charge is 0.483 e. The molecule has 0 aliphatic carbocycles. The van der Waals surface area contributed by atoms with Crippen molar-refractivity contribution in [1.82, 2.24) is 5.32 Å². The molecule has 1 aromatic carbocycles. The molecule has 0 saturated carbocycles. The van der Waals surface area contributed by atoms with Gasteiger partial charge < -0.3 is 10.1 Å². The van der Waals surface area contributed by atoms with Crippen molar-refractivity contribution in [2.24, 2.45) is 0 Å². The van der Waals surface area contributed by atoms with E-state index in [1.54, 1.807) is 0 Å². The molecular formula is C12H15BrClNO4S. The second-order valence-corrected chi connectivity index (χ2v) is 8.54. The van der Waals surface area contributed by atoms with Gasteiger partial charge >= 0.3 is 0 Å². The lowest BCUT2D eigenvalue weighted by Gasteiger charge is -2.20. The van der Waals surface area contributed by atoms with Gasteiger partial charge in [0.1, 0.15) is 5.75 Å². The third-order valence-electron chi connectivity index (χ3n) is 2.06. The summed E-state index contributed by atoms with van der Waals surface area (Å²) in [6.07, 6.45) is 0. The lowest BCUT2D eigenvalue weighted by atomic mass is 10.1. The van der Waals surface area contributed by atoms with Crippen LogP contribution in [0.15, 0.2) is 27.6 Å². The second-order valence-electron chi connectivity index (χ2n) is 5.12. The zero-order chi connectivity index (χ0) is 15.6. The minimum Gasteiger partial charge on any atom is -0.483 e. The first-order chi connectivity index (χ1) is 8.99. The highest BCUT2D eigenvalue weighted by Gasteiger charge is 2.16. The maximum atomic E-state index is 11.6. The topological polar surface area (TPSA) is 72.5 Å². The fourth-order valence-corrected chi connectivity index (χ4v) is 2.77. The van der Waals surface area contributed by atoms with E-state index in [-0.39, 0.29) is 22.9 Å². The van der Waals surface area contributed by atoms with Crippen LogP contribution in [0.2, 0.25) is 0 Å². The highest BCUT2D eigenvalue weighted by molar-refractivity contribution is 9.10. The number of hydrogen-bond donors (Lipinski definition) is 1. The van der Waals surface area contributed by atoms with Crippen molar-refractivity contribution in [2.75, 3.05) is 6.61 Å². The normalized spacial score (nSPS) is 12.1. The van der Waals surface area contributed by atoms with Crippen LogP contribution in [-0.4, -0.2) is 26.5 Å². The van der Waals surface area contributed by atoms with E-state index in [9.17, 15) is 13.2 Å².